The van der Waals surface area contributed by atoms with Gasteiger partial charge in [-0.1, -0.05) is 11.6 Å². The largest absolute Gasteiger partial charge is 0.379 e. The van der Waals surface area contributed by atoms with Gasteiger partial charge in [0.1, 0.15) is 5.02 Å². The summed E-state index contributed by atoms with van der Waals surface area (Å²) in [4.78, 5) is 9.98. The first-order valence-electron chi connectivity index (χ1n) is 8.26. The van der Waals surface area contributed by atoms with E-state index in [-0.39, 0.29) is 33.6 Å². The third kappa shape index (κ3) is 4.67. The number of nitrogens with zero attached hydrogens (tertiary/aromatic N) is 2. The number of hydrogen-bond acceptors (Lipinski definition) is 7. The molecular weight excluding hydrogens is 446 g/mol. The van der Waals surface area contributed by atoms with Crippen molar-refractivity contribution in [1.29, 1.82) is 0 Å². The van der Waals surface area contributed by atoms with Crippen LogP contribution in [0, 0.1) is 10.1 Å². The van der Waals surface area contributed by atoms with Crippen LogP contribution in [0.4, 0.5) is 11.4 Å². The van der Waals surface area contributed by atoms with E-state index in [1.54, 1.807) is 0 Å². The van der Waals surface area contributed by atoms with E-state index in [9.17, 15) is 26.9 Å². The lowest BCUT2D eigenvalue weighted by Crippen LogP contribution is -2.40. The number of sulfonamides is 2. The topological polar surface area (TPSA) is 136 Å². The summed E-state index contributed by atoms with van der Waals surface area (Å²) in [5, 5.41) is 10.8. The highest BCUT2D eigenvalue weighted by molar-refractivity contribution is 7.92. The number of morpholine rings is 1. The standard InChI is InChI=1S/C16H16ClN3O7S2/c17-15-6-1-12(11-16(15)20(21)22)18-28(23,24)13-2-4-14(5-3-13)29(25,26)19-7-9-27-10-8-19/h1-6,11,18H,7-10H2. The predicted molar refractivity (Wildman–Crippen MR) is 105 cm³/mol. The Balaban J connectivity index is 1.83. The molecule has 3 rings (SSSR count). The lowest BCUT2D eigenvalue weighted by molar-refractivity contribution is -0.384. The van der Waals surface area contributed by atoms with Crippen molar-refractivity contribution >= 4 is 43.0 Å². The Bertz CT molecular complexity index is 1130. The molecule has 0 saturated carbocycles. The predicted octanol–water partition coefficient (Wildman–Crippen LogP) is 2.07. The van der Waals surface area contributed by atoms with E-state index in [1.807, 2.05) is 0 Å². The maximum absolute atomic E-state index is 12.6. The highest BCUT2D eigenvalue weighted by Gasteiger charge is 2.27. The molecule has 0 radical (unpaired) electrons. The van der Waals surface area contributed by atoms with Gasteiger partial charge in [-0.2, -0.15) is 4.31 Å². The minimum atomic E-state index is -4.10. The first kappa shape index (κ1) is 21.5. The van der Waals surface area contributed by atoms with Crippen molar-refractivity contribution in [3.8, 4) is 0 Å². The van der Waals surface area contributed by atoms with Crippen LogP contribution in [0.25, 0.3) is 0 Å². The van der Waals surface area contributed by atoms with Gasteiger partial charge in [-0.15, -0.1) is 0 Å². The van der Waals surface area contributed by atoms with Crippen LogP contribution in [-0.2, 0) is 24.8 Å². The van der Waals surface area contributed by atoms with Gasteiger partial charge < -0.3 is 4.74 Å². The Morgan fingerprint density at radius 3 is 2.17 bits per heavy atom. The number of nitrogens with one attached hydrogen (secondary N) is 1. The highest BCUT2D eigenvalue weighted by Crippen LogP contribution is 2.29. The summed E-state index contributed by atoms with van der Waals surface area (Å²) in [6.45, 7) is 1.03. The summed E-state index contributed by atoms with van der Waals surface area (Å²) in [6.07, 6.45) is 0. The average Bonchev–Trinajstić information content (AvgIpc) is 2.70. The molecular formula is C16H16ClN3O7S2. The number of hydrogen-bond donors (Lipinski definition) is 1. The van der Waals surface area contributed by atoms with E-state index >= 15 is 0 Å². The van der Waals surface area contributed by atoms with Gasteiger partial charge in [0.05, 0.1) is 33.6 Å². The van der Waals surface area contributed by atoms with Gasteiger partial charge in [-0.05, 0) is 36.4 Å². The monoisotopic (exact) mass is 461 g/mol. The molecule has 1 aliphatic heterocycles. The fourth-order valence-electron chi connectivity index (χ4n) is 2.66. The molecule has 0 spiro atoms. The van der Waals surface area contributed by atoms with Crippen LogP contribution in [0.2, 0.25) is 5.02 Å². The SMILES string of the molecule is O=[N+]([O-])c1cc(NS(=O)(=O)c2ccc(S(=O)(=O)N3CCOCC3)cc2)ccc1Cl. The third-order valence-corrected chi connectivity index (χ3v) is 7.77. The van der Waals surface area contributed by atoms with Crippen molar-refractivity contribution in [2.75, 3.05) is 31.0 Å². The number of anilines is 1. The van der Waals surface area contributed by atoms with Gasteiger partial charge in [0.25, 0.3) is 15.7 Å². The summed E-state index contributed by atoms with van der Waals surface area (Å²) in [5.74, 6) is 0. The lowest BCUT2D eigenvalue weighted by Gasteiger charge is -2.26. The Morgan fingerprint density at radius 2 is 1.59 bits per heavy atom. The van der Waals surface area contributed by atoms with Gasteiger partial charge in [0.2, 0.25) is 10.0 Å². The summed E-state index contributed by atoms with van der Waals surface area (Å²) in [6, 6.07) is 8.18. The molecule has 29 heavy (non-hydrogen) atoms. The van der Waals surface area contributed by atoms with Crippen molar-refractivity contribution in [1.82, 2.24) is 4.31 Å². The first-order valence-corrected chi connectivity index (χ1v) is 11.6. The van der Waals surface area contributed by atoms with E-state index < -0.39 is 30.7 Å². The molecule has 1 aliphatic rings. The third-order valence-electron chi connectivity index (χ3n) is 4.14. The quantitative estimate of drug-likeness (QED) is 0.513. The van der Waals surface area contributed by atoms with Crippen molar-refractivity contribution in [3.05, 3.63) is 57.6 Å². The van der Waals surface area contributed by atoms with Gasteiger partial charge in [-0.3, -0.25) is 14.8 Å². The minimum Gasteiger partial charge on any atom is -0.379 e. The smallest absolute Gasteiger partial charge is 0.289 e. The van der Waals surface area contributed by atoms with E-state index in [2.05, 4.69) is 4.72 Å². The van der Waals surface area contributed by atoms with Crippen molar-refractivity contribution in [2.24, 2.45) is 0 Å². The zero-order chi connectivity index (χ0) is 21.2. The zero-order valence-electron chi connectivity index (χ0n) is 14.8. The van der Waals surface area contributed by atoms with E-state index in [4.69, 9.17) is 16.3 Å². The summed E-state index contributed by atoms with van der Waals surface area (Å²) < 4.78 is 58.9. The minimum absolute atomic E-state index is 0.0412. The molecule has 0 aromatic heterocycles. The molecule has 1 fully saturated rings. The molecule has 10 nitrogen and oxygen atoms in total. The van der Waals surface area contributed by atoms with Gasteiger partial charge in [-0.25, -0.2) is 16.8 Å². The Kier molecular flexibility index (Phi) is 6.10. The molecule has 1 N–H and O–H groups in total. The average molecular weight is 462 g/mol. The normalized spacial score (nSPS) is 15.8. The van der Waals surface area contributed by atoms with E-state index in [0.717, 1.165) is 18.2 Å². The number of nitro benzene ring substituents is 1. The summed E-state index contributed by atoms with van der Waals surface area (Å²) >= 11 is 5.72. The second-order valence-electron chi connectivity index (χ2n) is 6.02. The molecule has 0 bridgehead atoms. The van der Waals surface area contributed by atoms with Gasteiger partial charge in [0.15, 0.2) is 0 Å². The van der Waals surface area contributed by atoms with Crippen LogP contribution in [0.1, 0.15) is 0 Å². The molecule has 1 saturated heterocycles. The van der Waals surface area contributed by atoms with Gasteiger partial charge in [0, 0.05) is 19.2 Å². The summed E-state index contributed by atoms with van der Waals surface area (Å²) in [7, 11) is -7.85. The Hall–Kier alpha value is -2.25. The van der Waals surface area contributed by atoms with Crippen LogP contribution in [0.15, 0.2) is 52.3 Å². The van der Waals surface area contributed by atoms with Crippen LogP contribution in [0.5, 0.6) is 0 Å². The Labute approximate surface area is 172 Å². The maximum Gasteiger partial charge on any atom is 0.289 e. The second kappa shape index (κ2) is 8.24. The van der Waals surface area contributed by atoms with E-state index in [0.29, 0.717) is 13.2 Å². The number of nitro groups is 1. The number of benzene rings is 2. The first-order chi connectivity index (χ1) is 13.6. The van der Waals surface area contributed by atoms with Crippen LogP contribution < -0.4 is 4.72 Å². The maximum atomic E-state index is 12.6. The van der Waals surface area contributed by atoms with Crippen molar-refractivity contribution < 1.29 is 26.5 Å². The van der Waals surface area contributed by atoms with E-state index in [1.165, 1.54) is 28.6 Å². The number of rotatable bonds is 6. The molecule has 156 valence electrons. The fourth-order valence-corrected chi connectivity index (χ4v) is 5.30. The van der Waals surface area contributed by atoms with Crippen LogP contribution in [0.3, 0.4) is 0 Å². The lowest BCUT2D eigenvalue weighted by atomic mass is 10.3. The summed E-state index contributed by atoms with van der Waals surface area (Å²) in [5.41, 5.74) is -0.495. The Morgan fingerprint density at radius 1 is 1.00 bits per heavy atom. The van der Waals surface area contributed by atoms with Crippen LogP contribution >= 0.6 is 11.6 Å². The molecule has 2 aromatic rings. The fraction of sp³-hybridized carbons (Fsp3) is 0.250. The van der Waals surface area contributed by atoms with Gasteiger partial charge >= 0.3 is 0 Å². The molecule has 2 aromatic carbocycles. The molecule has 0 amide bonds. The molecule has 0 aliphatic carbocycles. The van der Waals surface area contributed by atoms with Crippen molar-refractivity contribution in [2.45, 2.75) is 9.79 Å². The molecule has 1 heterocycles. The highest BCUT2D eigenvalue weighted by atomic mass is 35.5. The number of ether oxygens (including phenoxy) is 1. The second-order valence-corrected chi connectivity index (χ2v) is 10.0. The number of halogens is 1. The van der Waals surface area contributed by atoms with Crippen LogP contribution in [-0.4, -0.2) is 52.4 Å². The molecule has 13 heteroatoms. The van der Waals surface area contributed by atoms with Crippen molar-refractivity contribution in [3.63, 3.8) is 0 Å². The molecule has 0 atom stereocenters. The molecule has 0 unspecified atom stereocenters. The zero-order valence-corrected chi connectivity index (χ0v) is 17.2.